The molecule has 5 nitrogen and oxygen atoms in total. The first-order valence-corrected chi connectivity index (χ1v) is 7.87. The average Bonchev–Trinajstić information content (AvgIpc) is 2.38. The molecule has 2 N–H and O–H groups in total. The minimum atomic E-state index is -3.56. The van der Waals surface area contributed by atoms with E-state index in [1.165, 1.54) is 10.4 Å². The highest BCUT2D eigenvalue weighted by molar-refractivity contribution is 7.89. The molecule has 0 fully saturated rings. The summed E-state index contributed by atoms with van der Waals surface area (Å²) in [6.45, 7) is 4.41. The van der Waals surface area contributed by atoms with Crippen molar-refractivity contribution in [3.63, 3.8) is 0 Å². The number of rotatable bonds is 4. The van der Waals surface area contributed by atoms with Crippen LogP contribution in [0.5, 0.6) is 0 Å². The molecule has 20 heavy (non-hydrogen) atoms. The molecule has 0 aliphatic rings. The Morgan fingerprint density at radius 1 is 1.30 bits per heavy atom. The molecule has 2 aromatic rings. The lowest BCUT2D eigenvalue weighted by atomic mass is 10.2. The molecule has 2 rings (SSSR count). The Morgan fingerprint density at radius 2 is 2.00 bits per heavy atom. The van der Waals surface area contributed by atoms with Crippen molar-refractivity contribution >= 4 is 26.6 Å². The van der Waals surface area contributed by atoms with Crippen LogP contribution in [-0.2, 0) is 10.0 Å². The molecule has 0 saturated carbocycles. The average molecular weight is 293 g/mol. The lowest BCUT2D eigenvalue weighted by Crippen LogP contribution is -2.30. The molecular weight excluding hydrogens is 274 g/mol. The van der Waals surface area contributed by atoms with Crippen molar-refractivity contribution in [3.05, 3.63) is 30.5 Å². The quantitative estimate of drug-likeness (QED) is 0.876. The van der Waals surface area contributed by atoms with Crippen molar-refractivity contribution in [3.8, 4) is 0 Å². The molecule has 1 aromatic carbocycles. The number of nitrogens with zero attached hydrogens (tertiary/aromatic N) is 2. The SMILES string of the molecule is CC(C)CN(C)S(=O)(=O)c1ccc(N)c2cccnc12. The maximum Gasteiger partial charge on any atom is 0.244 e. The second-order valence-corrected chi connectivity index (χ2v) is 7.25. The Hall–Kier alpha value is -1.66. The first kappa shape index (κ1) is 14.7. The van der Waals surface area contributed by atoms with Crippen LogP contribution in [0.15, 0.2) is 35.4 Å². The van der Waals surface area contributed by atoms with Crippen molar-refractivity contribution in [2.75, 3.05) is 19.3 Å². The van der Waals surface area contributed by atoms with Crippen LogP contribution in [0, 0.1) is 5.92 Å². The van der Waals surface area contributed by atoms with Crippen molar-refractivity contribution in [1.82, 2.24) is 9.29 Å². The van der Waals surface area contributed by atoms with E-state index in [9.17, 15) is 8.42 Å². The van der Waals surface area contributed by atoms with E-state index in [4.69, 9.17) is 5.73 Å². The van der Waals surface area contributed by atoms with Crippen LogP contribution < -0.4 is 5.73 Å². The zero-order valence-electron chi connectivity index (χ0n) is 11.9. The maximum absolute atomic E-state index is 12.6. The van der Waals surface area contributed by atoms with Gasteiger partial charge in [0, 0.05) is 30.9 Å². The van der Waals surface area contributed by atoms with E-state index >= 15 is 0 Å². The number of sulfonamides is 1. The highest BCUT2D eigenvalue weighted by Gasteiger charge is 2.24. The molecule has 6 heteroatoms. The van der Waals surface area contributed by atoms with Crippen LogP contribution >= 0.6 is 0 Å². The number of hydrogen-bond acceptors (Lipinski definition) is 4. The molecule has 0 unspecified atom stereocenters. The summed E-state index contributed by atoms with van der Waals surface area (Å²) in [6.07, 6.45) is 1.57. The van der Waals surface area contributed by atoms with Gasteiger partial charge in [0.2, 0.25) is 10.0 Å². The molecule has 1 heterocycles. The van der Waals surface area contributed by atoms with Crippen LogP contribution in [-0.4, -0.2) is 31.3 Å². The fraction of sp³-hybridized carbons (Fsp3) is 0.357. The Morgan fingerprint density at radius 3 is 2.65 bits per heavy atom. The number of fused-ring (bicyclic) bond motifs is 1. The Kier molecular flexibility index (Phi) is 3.96. The third kappa shape index (κ3) is 2.62. The van der Waals surface area contributed by atoms with Crippen LogP contribution in [0.25, 0.3) is 10.9 Å². The van der Waals surface area contributed by atoms with Crippen LogP contribution in [0.4, 0.5) is 5.69 Å². The van der Waals surface area contributed by atoms with Gasteiger partial charge in [-0.25, -0.2) is 12.7 Å². The van der Waals surface area contributed by atoms with Gasteiger partial charge in [-0.2, -0.15) is 0 Å². The predicted octanol–water partition coefficient (Wildman–Crippen LogP) is 2.09. The van der Waals surface area contributed by atoms with E-state index < -0.39 is 10.0 Å². The fourth-order valence-corrected chi connectivity index (χ4v) is 3.63. The highest BCUT2D eigenvalue weighted by atomic mass is 32.2. The minimum Gasteiger partial charge on any atom is -0.398 e. The number of hydrogen-bond donors (Lipinski definition) is 1. The molecule has 0 aliphatic carbocycles. The van der Waals surface area contributed by atoms with Crippen LogP contribution in [0.3, 0.4) is 0 Å². The molecule has 0 atom stereocenters. The van der Waals surface area contributed by atoms with Gasteiger partial charge < -0.3 is 5.73 Å². The predicted molar refractivity (Wildman–Crippen MR) is 80.8 cm³/mol. The molecule has 1 aromatic heterocycles. The Balaban J connectivity index is 2.61. The first-order valence-electron chi connectivity index (χ1n) is 6.43. The fourth-order valence-electron chi connectivity index (χ4n) is 2.16. The number of benzene rings is 1. The van der Waals surface area contributed by atoms with Gasteiger partial charge in [-0.3, -0.25) is 4.98 Å². The van der Waals surface area contributed by atoms with E-state index in [1.807, 2.05) is 13.8 Å². The molecule has 0 bridgehead atoms. The summed E-state index contributed by atoms with van der Waals surface area (Å²) in [5.74, 6) is 0.253. The number of nitrogens with two attached hydrogens (primary N) is 1. The number of aromatic nitrogens is 1. The monoisotopic (exact) mass is 293 g/mol. The summed E-state index contributed by atoms with van der Waals surface area (Å²) in [4.78, 5) is 4.38. The van der Waals surface area contributed by atoms with E-state index in [2.05, 4.69) is 4.98 Å². The van der Waals surface area contributed by atoms with Gasteiger partial charge in [-0.05, 0) is 30.2 Å². The summed E-state index contributed by atoms with van der Waals surface area (Å²) in [5.41, 5.74) is 6.82. The molecule has 0 radical (unpaired) electrons. The van der Waals surface area contributed by atoms with Gasteiger partial charge in [-0.15, -0.1) is 0 Å². The van der Waals surface area contributed by atoms with Gasteiger partial charge in [0.1, 0.15) is 4.90 Å². The number of pyridine rings is 1. The first-order chi connectivity index (χ1) is 9.34. The van der Waals surface area contributed by atoms with E-state index in [-0.39, 0.29) is 10.8 Å². The summed E-state index contributed by atoms with van der Waals surface area (Å²) in [6, 6.07) is 6.66. The summed E-state index contributed by atoms with van der Waals surface area (Å²) in [7, 11) is -1.98. The molecule has 0 spiro atoms. The third-order valence-electron chi connectivity index (χ3n) is 3.08. The summed E-state index contributed by atoms with van der Waals surface area (Å²) in [5, 5.41) is 0.659. The molecule has 0 amide bonds. The van der Waals surface area contributed by atoms with Gasteiger partial charge in [0.05, 0.1) is 5.52 Å². The molecular formula is C14H19N3O2S. The van der Waals surface area contributed by atoms with E-state index in [1.54, 1.807) is 31.4 Å². The molecule has 0 saturated heterocycles. The highest BCUT2D eigenvalue weighted by Crippen LogP contribution is 2.27. The second-order valence-electron chi connectivity index (χ2n) is 5.23. The summed E-state index contributed by atoms with van der Waals surface area (Å²) >= 11 is 0. The van der Waals surface area contributed by atoms with Gasteiger partial charge in [0.15, 0.2) is 0 Å². The largest absolute Gasteiger partial charge is 0.398 e. The normalized spacial score (nSPS) is 12.4. The van der Waals surface area contributed by atoms with E-state index in [0.29, 0.717) is 23.1 Å². The third-order valence-corrected chi connectivity index (χ3v) is 4.93. The van der Waals surface area contributed by atoms with Crippen molar-refractivity contribution in [2.45, 2.75) is 18.7 Å². The zero-order chi connectivity index (χ0) is 14.9. The Labute approximate surface area is 119 Å². The van der Waals surface area contributed by atoms with Gasteiger partial charge in [0.25, 0.3) is 0 Å². The van der Waals surface area contributed by atoms with E-state index in [0.717, 1.165) is 0 Å². The smallest absolute Gasteiger partial charge is 0.244 e. The number of nitrogen functional groups attached to an aromatic ring is 1. The van der Waals surface area contributed by atoms with Crippen molar-refractivity contribution in [2.24, 2.45) is 5.92 Å². The standard InChI is InChI=1S/C14H19N3O2S/c1-10(2)9-17(3)20(18,19)13-7-6-12(15)11-5-4-8-16-14(11)13/h4-8,10H,9,15H2,1-3H3. The maximum atomic E-state index is 12.6. The zero-order valence-corrected chi connectivity index (χ0v) is 12.7. The van der Waals surface area contributed by atoms with Crippen molar-refractivity contribution in [1.29, 1.82) is 0 Å². The van der Waals surface area contributed by atoms with Crippen LogP contribution in [0.2, 0.25) is 0 Å². The topological polar surface area (TPSA) is 76.3 Å². The lowest BCUT2D eigenvalue weighted by Gasteiger charge is -2.20. The minimum absolute atomic E-state index is 0.199. The van der Waals surface area contributed by atoms with Gasteiger partial charge >= 0.3 is 0 Å². The number of anilines is 1. The lowest BCUT2D eigenvalue weighted by molar-refractivity contribution is 0.417. The molecule has 0 aliphatic heterocycles. The molecule has 108 valence electrons. The van der Waals surface area contributed by atoms with Crippen LogP contribution in [0.1, 0.15) is 13.8 Å². The Bertz CT molecular complexity index is 726. The second kappa shape index (κ2) is 5.38. The summed E-state index contributed by atoms with van der Waals surface area (Å²) < 4.78 is 26.6. The van der Waals surface area contributed by atoms with Gasteiger partial charge in [-0.1, -0.05) is 13.8 Å². The van der Waals surface area contributed by atoms with Crippen molar-refractivity contribution < 1.29 is 8.42 Å².